The van der Waals surface area contributed by atoms with Crippen LogP contribution in [0.2, 0.25) is 0 Å². The van der Waals surface area contributed by atoms with Crippen LogP contribution in [0.4, 0.5) is 5.69 Å². The lowest BCUT2D eigenvalue weighted by molar-refractivity contribution is -0.127. The average Bonchev–Trinajstić information content (AvgIpc) is 2.32. The number of anilines is 1. The highest BCUT2D eigenvalue weighted by Crippen LogP contribution is 2.15. The average molecular weight is 249 g/mol. The number of benzene rings is 1. The molecule has 1 aliphatic rings. The first-order valence-corrected chi connectivity index (χ1v) is 5.75. The Morgan fingerprint density at radius 3 is 3.00 bits per heavy atom. The molecule has 0 aromatic heterocycles. The molecule has 0 aliphatic carbocycles. The van der Waals surface area contributed by atoms with Crippen molar-refractivity contribution in [3.8, 4) is 5.75 Å². The second kappa shape index (κ2) is 5.50. The third kappa shape index (κ3) is 3.21. The first-order valence-electron chi connectivity index (χ1n) is 5.75. The molecule has 18 heavy (non-hydrogen) atoms. The first-order chi connectivity index (χ1) is 8.65. The maximum Gasteiger partial charge on any atom is 0.237 e. The fourth-order valence-electron chi connectivity index (χ4n) is 1.79. The minimum atomic E-state index is -0.490. The van der Waals surface area contributed by atoms with E-state index in [-0.39, 0.29) is 24.0 Å². The summed E-state index contributed by atoms with van der Waals surface area (Å²) in [6.45, 7) is 1.25. The smallest absolute Gasteiger partial charge is 0.237 e. The summed E-state index contributed by atoms with van der Waals surface area (Å²) in [6.07, 6.45) is 0.0709. The molecular weight excluding hydrogens is 234 g/mol. The van der Waals surface area contributed by atoms with Gasteiger partial charge in [0.1, 0.15) is 5.75 Å². The van der Waals surface area contributed by atoms with E-state index in [4.69, 9.17) is 0 Å². The highest BCUT2D eigenvalue weighted by molar-refractivity contribution is 5.95. The first kappa shape index (κ1) is 12.4. The molecule has 2 rings (SSSR count). The lowest BCUT2D eigenvalue weighted by Crippen LogP contribution is -2.53. The van der Waals surface area contributed by atoms with E-state index in [2.05, 4.69) is 16.0 Å². The van der Waals surface area contributed by atoms with Crippen LogP contribution in [0.25, 0.3) is 0 Å². The van der Waals surface area contributed by atoms with Crippen LogP contribution in [0.5, 0.6) is 5.75 Å². The Morgan fingerprint density at radius 1 is 1.44 bits per heavy atom. The van der Waals surface area contributed by atoms with Crippen molar-refractivity contribution in [1.82, 2.24) is 10.6 Å². The Kier molecular flexibility index (Phi) is 3.78. The second-order valence-corrected chi connectivity index (χ2v) is 4.10. The highest BCUT2D eigenvalue weighted by Gasteiger charge is 2.23. The zero-order chi connectivity index (χ0) is 13.0. The molecule has 1 fully saturated rings. The molecule has 1 aliphatic heterocycles. The number of hydrogen-bond acceptors (Lipinski definition) is 4. The molecule has 0 saturated carbocycles. The summed E-state index contributed by atoms with van der Waals surface area (Å²) in [4.78, 5) is 23.2. The fraction of sp³-hybridized carbons (Fsp3) is 0.333. The van der Waals surface area contributed by atoms with Gasteiger partial charge in [0.05, 0.1) is 12.5 Å². The van der Waals surface area contributed by atoms with E-state index in [1.807, 2.05) is 0 Å². The number of carbonyl (C=O) groups excluding carboxylic acids is 2. The molecule has 4 N–H and O–H groups in total. The van der Waals surface area contributed by atoms with Gasteiger partial charge in [0.25, 0.3) is 0 Å². The molecule has 0 radical (unpaired) electrons. The Morgan fingerprint density at radius 2 is 2.28 bits per heavy atom. The quantitative estimate of drug-likeness (QED) is 0.597. The number of phenolic OH excluding ortho intramolecular Hbond substituents is 1. The van der Waals surface area contributed by atoms with Crippen molar-refractivity contribution in [1.29, 1.82) is 0 Å². The second-order valence-electron chi connectivity index (χ2n) is 4.10. The van der Waals surface area contributed by atoms with E-state index in [1.54, 1.807) is 12.1 Å². The van der Waals surface area contributed by atoms with Crippen molar-refractivity contribution in [2.45, 2.75) is 12.5 Å². The van der Waals surface area contributed by atoms with Crippen molar-refractivity contribution in [2.75, 3.05) is 18.4 Å². The van der Waals surface area contributed by atoms with Gasteiger partial charge in [-0.2, -0.15) is 0 Å². The Bertz CT molecular complexity index is 462. The number of nitrogens with one attached hydrogen (secondary N) is 3. The van der Waals surface area contributed by atoms with Crippen LogP contribution in [-0.2, 0) is 9.59 Å². The number of piperazine rings is 1. The molecule has 96 valence electrons. The number of amides is 2. The van der Waals surface area contributed by atoms with Crippen LogP contribution < -0.4 is 16.0 Å². The summed E-state index contributed by atoms with van der Waals surface area (Å²) in [5.41, 5.74) is 0.510. The van der Waals surface area contributed by atoms with Crippen LogP contribution in [0.15, 0.2) is 24.3 Å². The van der Waals surface area contributed by atoms with Crippen molar-refractivity contribution in [3.63, 3.8) is 0 Å². The van der Waals surface area contributed by atoms with Gasteiger partial charge in [-0.25, -0.2) is 0 Å². The summed E-state index contributed by atoms with van der Waals surface area (Å²) in [5.74, 6) is -0.344. The third-order valence-corrected chi connectivity index (χ3v) is 2.65. The molecule has 0 unspecified atom stereocenters. The van der Waals surface area contributed by atoms with Gasteiger partial charge < -0.3 is 21.1 Å². The Balaban J connectivity index is 1.90. The maximum absolute atomic E-state index is 11.7. The predicted molar refractivity (Wildman–Crippen MR) is 66.2 cm³/mol. The minimum Gasteiger partial charge on any atom is -0.508 e. The number of carbonyl (C=O) groups is 2. The highest BCUT2D eigenvalue weighted by atomic mass is 16.3. The van der Waals surface area contributed by atoms with Gasteiger partial charge in [-0.15, -0.1) is 0 Å². The van der Waals surface area contributed by atoms with E-state index >= 15 is 0 Å². The topological polar surface area (TPSA) is 90.5 Å². The summed E-state index contributed by atoms with van der Waals surface area (Å²) < 4.78 is 0. The van der Waals surface area contributed by atoms with Gasteiger partial charge in [-0.3, -0.25) is 9.59 Å². The minimum absolute atomic E-state index is 0.0709. The zero-order valence-electron chi connectivity index (χ0n) is 9.77. The van der Waals surface area contributed by atoms with Crippen LogP contribution in [0, 0.1) is 0 Å². The predicted octanol–water partition coefficient (Wildman–Crippen LogP) is -0.191. The van der Waals surface area contributed by atoms with Crippen molar-refractivity contribution in [2.24, 2.45) is 0 Å². The standard InChI is InChI=1S/C12H15N3O3/c16-9-3-1-2-8(6-9)15-11(17)7-10-12(18)14-5-4-13-10/h1-3,6,10,13,16H,4-5,7H2,(H,14,18)(H,15,17)/t10-/m1/s1. The van der Waals surface area contributed by atoms with E-state index in [0.29, 0.717) is 18.8 Å². The summed E-state index contributed by atoms with van der Waals surface area (Å²) in [5, 5.41) is 17.6. The number of hydrogen-bond donors (Lipinski definition) is 4. The Hall–Kier alpha value is -2.08. The van der Waals surface area contributed by atoms with Crippen molar-refractivity contribution < 1.29 is 14.7 Å². The normalized spacial score (nSPS) is 19.1. The van der Waals surface area contributed by atoms with Crippen LogP contribution in [0.1, 0.15) is 6.42 Å². The van der Waals surface area contributed by atoms with E-state index < -0.39 is 6.04 Å². The number of aromatic hydroxyl groups is 1. The van der Waals surface area contributed by atoms with Crippen LogP contribution in [-0.4, -0.2) is 36.1 Å². The summed E-state index contributed by atoms with van der Waals surface area (Å²) >= 11 is 0. The summed E-state index contributed by atoms with van der Waals surface area (Å²) in [7, 11) is 0. The molecule has 1 heterocycles. The number of rotatable bonds is 3. The molecule has 6 heteroatoms. The third-order valence-electron chi connectivity index (χ3n) is 2.65. The molecule has 2 amide bonds. The number of phenols is 1. The molecule has 1 saturated heterocycles. The van der Waals surface area contributed by atoms with E-state index in [9.17, 15) is 14.7 Å². The molecular formula is C12H15N3O3. The largest absolute Gasteiger partial charge is 0.508 e. The van der Waals surface area contributed by atoms with Crippen LogP contribution in [0.3, 0.4) is 0 Å². The van der Waals surface area contributed by atoms with Gasteiger partial charge in [-0.1, -0.05) is 6.07 Å². The van der Waals surface area contributed by atoms with E-state index in [0.717, 1.165) is 0 Å². The van der Waals surface area contributed by atoms with Crippen LogP contribution >= 0.6 is 0 Å². The molecule has 6 nitrogen and oxygen atoms in total. The maximum atomic E-state index is 11.7. The van der Waals surface area contributed by atoms with Gasteiger partial charge in [0, 0.05) is 24.8 Å². The van der Waals surface area contributed by atoms with Gasteiger partial charge in [0.2, 0.25) is 11.8 Å². The molecule has 1 aromatic carbocycles. The molecule has 0 bridgehead atoms. The molecule has 1 atom stereocenters. The van der Waals surface area contributed by atoms with Gasteiger partial charge in [0.15, 0.2) is 0 Å². The zero-order valence-corrected chi connectivity index (χ0v) is 9.77. The SMILES string of the molecule is O=C(C[C@H]1NCCNC1=O)Nc1cccc(O)c1. The van der Waals surface area contributed by atoms with Crippen molar-refractivity contribution in [3.05, 3.63) is 24.3 Å². The monoisotopic (exact) mass is 249 g/mol. The lowest BCUT2D eigenvalue weighted by atomic mass is 10.1. The lowest BCUT2D eigenvalue weighted by Gasteiger charge is -2.22. The summed E-state index contributed by atoms with van der Waals surface area (Å²) in [6, 6.07) is 5.79. The van der Waals surface area contributed by atoms with Crippen molar-refractivity contribution >= 4 is 17.5 Å². The molecule has 1 aromatic rings. The van der Waals surface area contributed by atoms with Gasteiger partial charge >= 0.3 is 0 Å². The van der Waals surface area contributed by atoms with Gasteiger partial charge in [-0.05, 0) is 12.1 Å². The Labute approximate surface area is 104 Å². The van der Waals surface area contributed by atoms with E-state index in [1.165, 1.54) is 12.1 Å². The fourth-order valence-corrected chi connectivity index (χ4v) is 1.79. The molecule has 0 spiro atoms.